The molecule has 0 radical (unpaired) electrons. The minimum Gasteiger partial charge on any atom is -0.385 e. The van der Waals surface area contributed by atoms with Gasteiger partial charge in [0.2, 0.25) is 5.91 Å². The van der Waals surface area contributed by atoms with E-state index in [1.54, 1.807) is 0 Å². The standard InChI is InChI=1S/C16H25N3O.2ClH/c17-16(10-5-2-6-11-16)15(20)19-13-7-12-18-14-8-3-1-4-9-14;;/h1,3-4,8-9,18H,2,5-7,10-13,17H2,(H,19,20);2*1H. The molecule has 4 nitrogen and oxygen atoms in total. The highest BCUT2D eigenvalue weighted by Crippen LogP contribution is 2.25. The SMILES string of the molecule is Cl.Cl.NC1(C(=O)NCCCNc2ccccc2)CCCCC1. The second-order valence-corrected chi connectivity index (χ2v) is 5.62. The number of amides is 1. The van der Waals surface area contributed by atoms with E-state index in [1.807, 2.05) is 30.3 Å². The summed E-state index contributed by atoms with van der Waals surface area (Å²) in [5.74, 6) is 0.0249. The fourth-order valence-electron chi connectivity index (χ4n) is 2.66. The van der Waals surface area contributed by atoms with Crippen molar-refractivity contribution in [3.8, 4) is 0 Å². The first-order valence-electron chi connectivity index (χ1n) is 7.57. The molecule has 1 aliphatic carbocycles. The van der Waals surface area contributed by atoms with Crippen LogP contribution in [-0.4, -0.2) is 24.5 Å². The molecule has 6 heteroatoms. The van der Waals surface area contributed by atoms with Crippen molar-refractivity contribution in [2.45, 2.75) is 44.1 Å². The van der Waals surface area contributed by atoms with Gasteiger partial charge in [-0.25, -0.2) is 0 Å². The van der Waals surface area contributed by atoms with Crippen molar-refractivity contribution in [2.24, 2.45) is 5.73 Å². The van der Waals surface area contributed by atoms with Gasteiger partial charge in [0.1, 0.15) is 0 Å². The van der Waals surface area contributed by atoms with Gasteiger partial charge >= 0.3 is 0 Å². The van der Waals surface area contributed by atoms with E-state index in [1.165, 1.54) is 6.42 Å². The molecule has 0 saturated heterocycles. The van der Waals surface area contributed by atoms with Crippen molar-refractivity contribution in [3.63, 3.8) is 0 Å². The van der Waals surface area contributed by atoms with Gasteiger partial charge in [-0.15, -0.1) is 24.8 Å². The number of benzene rings is 1. The molecule has 0 aliphatic heterocycles. The summed E-state index contributed by atoms with van der Waals surface area (Å²) >= 11 is 0. The predicted octanol–water partition coefficient (Wildman–Crippen LogP) is 3.11. The van der Waals surface area contributed by atoms with E-state index < -0.39 is 5.54 Å². The van der Waals surface area contributed by atoms with E-state index in [9.17, 15) is 4.79 Å². The Kier molecular flexibility index (Phi) is 10.2. The summed E-state index contributed by atoms with van der Waals surface area (Å²) in [5, 5.41) is 6.30. The summed E-state index contributed by atoms with van der Waals surface area (Å²) in [6, 6.07) is 10.1. The van der Waals surface area contributed by atoms with E-state index in [-0.39, 0.29) is 30.7 Å². The van der Waals surface area contributed by atoms with Gasteiger partial charge in [-0.3, -0.25) is 4.79 Å². The molecular formula is C16H27Cl2N3O. The second-order valence-electron chi connectivity index (χ2n) is 5.62. The third-order valence-electron chi connectivity index (χ3n) is 3.94. The molecule has 0 bridgehead atoms. The zero-order valence-corrected chi connectivity index (χ0v) is 14.5. The van der Waals surface area contributed by atoms with Crippen LogP contribution in [0.25, 0.3) is 0 Å². The highest BCUT2D eigenvalue weighted by molar-refractivity contribution is 5.86. The van der Waals surface area contributed by atoms with E-state index in [2.05, 4.69) is 10.6 Å². The molecule has 1 aromatic carbocycles. The smallest absolute Gasteiger partial charge is 0.240 e. The third-order valence-corrected chi connectivity index (χ3v) is 3.94. The van der Waals surface area contributed by atoms with Crippen LogP contribution in [0.2, 0.25) is 0 Å². The minimum atomic E-state index is -0.620. The third kappa shape index (κ3) is 6.42. The maximum atomic E-state index is 12.1. The minimum absolute atomic E-state index is 0. The first-order chi connectivity index (χ1) is 9.71. The monoisotopic (exact) mass is 347 g/mol. The van der Waals surface area contributed by atoms with Crippen molar-refractivity contribution >= 4 is 36.4 Å². The Labute approximate surface area is 145 Å². The number of halogens is 2. The molecule has 22 heavy (non-hydrogen) atoms. The fourth-order valence-corrected chi connectivity index (χ4v) is 2.66. The lowest BCUT2D eigenvalue weighted by Gasteiger charge is -2.31. The van der Waals surface area contributed by atoms with Gasteiger partial charge in [-0.1, -0.05) is 37.5 Å². The number of anilines is 1. The average Bonchev–Trinajstić information content (AvgIpc) is 2.48. The van der Waals surface area contributed by atoms with Crippen LogP contribution in [0.4, 0.5) is 5.69 Å². The van der Waals surface area contributed by atoms with Gasteiger partial charge < -0.3 is 16.4 Å². The summed E-state index contributed by atoms with van der Waals surface area (Å²) in [4.78, 5) is 12.1. The van der Waals surface area contributed by atoms with Crippen LogP contribution in [0, 0.1) is 0 Å². The Morgan fingerprint density at radius 1 is 1.05 bits per heavy atom. The Morgan fingerprint density at radius 2 is 1.68 bits per heavy atom. The van der Waals surface area contributed by atoms with Gasteiger partial charge in [0, 0.05) is 18.8 Å². The van der Waals surface area contributed by atoms with E-state index in [0.29, 0.717) is 6.54 Å². The fraction of sp³-hybridized carbons (Fsp3) is 0.562. The van der Waals surface area contributed by atoms with Crippen LogP contribution in [0.5, 0.6) is 0 Å². The maximum Gasteiger partial charge on any atom is 0.240 e. The lowest BCUT2D eigenvalue weighted by molar-refractivity contribution is -0.127. The van der Waals surface area contributed by atoms with Crippen molar-refractivity contribution in [3.05, 3.63) is 30.3 Å². The number of hydrogen-bond donors (Lipinski definition) is 3. The molecular weight excluding hydrogens is 321 g/mol. The number of nitrogens with one attached hydrogen (secondary N) is 2. The quantitative estimate of drug-likeness (QED) is 0.692. The summed E-state index contributed by atoms with van der Waals surface area (Å²) in [6.07, 6.45) is 5.88. The van der Waals surface area contributed by atoms with Gasteiger partial charge in [-0.2, -0.15) is 0 Å². The number of carbonyl (C=O) groups excluding carboxylic acids is 1. The second kappa shape index (κ2) is 10.7. The molecule has 126 valence electrons. The van der Waals surface area contributed by atoms with Crippen LogP contribution in [0.15, 0.2) is 30.3 Å². The molecule has 0 spiro atoms. The Balaban J connectivity index is 0.00000220. The lowest BCUT2D eigenvalue weighted by Crippen LogP contribution is -2.55. The first-order valence-corrected chi connectivity index (χ1v) is 7.57. The normalized spacial score (nSPS) is 15.9. The molecule has 1 fully saturated rings. The lowest BCUT2D eigenvalue weighted by atomic mass is 9.82. The van der Waals surface area contributed by atoms with Crippen molar-refractivity contribution in [1.82, 2.24) is 5.32 Å². The summed E-state index contributed by atoms with van der Waals surface area (Å²) in [5.41, 5.74) is 6.67. The molecule has 1 aromatic rings. The van der Waals surface area contributed by atoms with Gasteiger partial charge in [0.15, 0.2) is 0 Å². The summed E-state index contributed by atoms with van der Waals surface area (Å²) in [7, 11) is 0. The number of nitrogens with two attached hydrogens (primary N) is 1. The van der Waals surface area contributed by atoms with Crippen molar-refractivity contribution in [1.29, 1.82) is 0 Å². The molecule has 1 saturated carbocycles. The summed E-state index contributed by atoms with van der Waals surface area (Å²) in [6.45, 7) is 1.53. The van der Waals surface area contributed by atoms with Gasteiger partial charge in [0.05, 0.1) is 5.54 Å². The van der Waals surface area contributed by atoms with Crippen LogP contribution in [0.3, 0.4) is 0 Å². The van der Waals surface area contributed by atoms with Crippen LogP contribution in [0.1, 0.15) is 38.5 Å². The molecule has 0 heterocycles. The van der Waals surface area contributed by atoms with Gasteiger partial charge in [-0.05, 0) is 31.4 Å². The largest absolute Gasteiger partial charge is 0.385 e. The average molecular weight is 348 g/mol. The number of hydrogen-bond acceptors (Lipinski definition) is 3. The van der Waals surface area contributed by atoms with Crippen molar-refractivity contribution in [2.75, 3.05) is 18.4 Å². The number of para-hydroxylation sites is 1. The van der Waals surface area contributed by atoms with E-state index >= 15 is 0 Å². The Morgan fingerprint density at radius 3 is 2.32 bits per heavy atom. The van der Waals surface area contributed by atoms with E-state index in [0.717, 1.165) is 44.3 Å². The molecule has 0 atom stereocenters. The highest BCUT2D eigenvalue weighted by atomic mass is 35.5. The topological polar surface area (TPSA) is 67.2 Å². The van der Waals surface area contributed by atoms with Crippen LogP contribution >= 0.6 is 24.8 Å². The van der Waals surface area contributed by atoms with Crippen LogP contribution in [-0.2, 0) is 4.79 Å². The molecule has 1 amide bonds. The Hall–Kier alpha value is -0.970. The predicted molar refractivity (Wildman–Crippen MR) is 97.1 cm³/mol. The zero-order chi connectivity index (χ0) is 14.3. The molecule has 4 N–H and O–H groups in total. The molecule has 0 unspecified atom stereocenters. The number of carbonyl (C=O) groups is 1. The van der Waals surface area contributed by atoms with Crippen molar-refractivity contribution < 1.29 is 4.79 Å². The van der Waals surface area contributed by atoms with E-state index in [4.69, 9.17) is 5.73 Å². The highest BCUT2D eigenvalue weighted by Gasteiger charge is 2.34. The van der Waals surface area contributed by atoms with Crippen LogP contribution < -0.4 is 16.4 Å². The number of rotatable bonds is 6. The molecule has 1 aliphatic rings. The maximum absolute atomic E-state index is 12.1. The zero-order valence-electron chi connectivity index (χ0n) is 12.8. The Bertz CT molecular complexity index is 423. The van der Waals surface area contributed by atoms with Gasteiger partial charge in [0.25, 0.3) is 0 Å². The summed E-state index contributed by atoms with van der Waals surface area (Å²) < 4.78 is 0. The molecule has 2 rings (SSSR count). The molecule has 0 aromatic heterocycles. The first kappa shape index (κ1) is 21.0.